The Hall–Kier alpha value is -0.610. The van der Waals surface area contributed by atoms with E-state index < -0.39 is 5.54 Å². The number of carbonyl (C=O) groups excluding carboxylic acids is 1. The topological polar surface area (TPSA) is 47.6 Å². The van der Waals surface area contributed by atoms with Crippen molar-refractivity contribution in [3.8, 4) is 0 Å². The molecule has 2 saturated heterocycles. The van der Waals surface area contributed by atoms with Crippen LogP contribution in [0.5, 0.6) is 0 Å². The third kappa shape index (κ3) is 2.99. The summed E-state index contributed by atoms with van der Waals surface area (Å²) in [5, 5.41) is 3.35. The normalized spacial score (nSPS) is 30.4. The Morgan fingerprint density at radius 3 is 2.82 bits per heavy atom. The molecule has 0 radical (unpaired) electrons. The van der Waals surface area contributed by atoms with E-state index in [0.717, 1.165) is 45.1 Å². The maximum absolute atomic E-state index is 12.3. The Kier molecular flexibility index (Phi) is 4.40. The van der Waals surface area contributed by atoms with Crippen molar-refractivity contribution in [1.29, 1.82) is 0 Å². The van der Waals surface area contributed by atoms with Crippen LogP contribution in [0.1, 0.15) is 45.4 Å². The summed E-state index contributed by atoms with van der Waals surface area (Å²) >= 11 is 0. The first-order chi connectivity index (χ1) is 8.27. The maximum atomic E-state index is 12.3. The molecule has 0 aromatic rings. The summed E-state index contributed by atoms with van der Waals surface area (Å²) in [6.45, 7) is 4.48. The molecule has 2 heterocycles. The van der Waals surface area contributed by atoms with Crippen LogP contribution < -0.4 is 5.32 Å². The molecule has 98 valence electrons. The molecule has 0 aromatic carbocycles. The lowest BCUT2D eigenvalue weighted by molar-refractivity contribution is -0.161. The van der Waals surface area contributed by atoms with E-state index in [1.165, 1.54) is 0 Å². The molecule has 17 heavy (non-hydrogen) atoms. The average Bonchev–Trinajstić information content (AvgIpc) is 2.81. The maximum Gasteiger partial charge on any atom is 0.326 e. The molecule has 0 aliphatic carbocycles. The number of hydrogen-bond acceptors (Lipinski definition) is 4. The number of nitrogens with one attached hydrogen (secondary N) is 1. The summed E-state index contributed by atoms with van der Waals surface area (Å²) in [5.41, 5.74) is -0.396. The van der Waals surface area contributed by atoms with Gasteiger partial charge in [0.05, 0.1) is 13.2 Å². The number of rotatable bonds is 4. The first-order valence-electron chi connectivity index (χ1n) is 6.81. The summed E-state index contributed by atoms with van der Waals surface area (Å²) in [6.07, 6.45) is 5.63. The summed E-state index contributed by atoms with van der Waals surface area (Å²) in [7, 11) is 0. The molecule has 0 bridgehead atoms. The number of carbonyl (C=O) groups is 1. The average molecular weight is 241 g/mol. The molecule has 2 rings (SSSR count). The van der Waals surface area contributed by atoms with Gasteiger partial charge in [-0.2, -0.15) is 0 Å². The smallest absolute Gasteiger partial charge is 0.326 e. The van der Waals surface area contributed by atoms with Crippen molar-refractivity contribution in [2.24, 2.45) is 0 Å². The van der Waals surface area contributed by atoms with E-state index in [0.29, 0.717) is 13.2 Å². The van der Waals surface area contributed by atoms with E-state index in [1.54, 1.807) is 0 Å². The first-order valence-corrected chi connectivity index (χ1v) is 6.81. The van der Waals surface area contributed by atoms with Crippen molar-refractivity contribution in [3.63, 3.8) is 0 Å². The molecular formula is C13H23NO3. The zero-order valence-corrected chi connectivity index (χ0v) is 10.7. The lowest BCUT2D eigenvalue weighted by Crippen LogP contribution is -2.50. The molecular weight excluding hydrogens is 218 g/mol. The van der Waals surface area contributed by atoms with Gasteiger partial charge in [0.15, 0.2) is 0 Å². The number of hydrogen-bond donors (Lipinski definition) is 1. The summed E-state index contributed by atoms with van der Waals surface area (Å²) in [6, 6.07) is 0. The molecule has 0 saturated carbocycles. The molecule has 2 aliphatic heterocycles. The van der Waals surface area contributed by atoms with Crippen LogP contribution >= 0.6 is 0 Å². The molecule has 0 spiro atoms. The Morgan fingerprint density at radius 1 is 1.47 bits per heavy atom. The van der Waals surface area contributed by atoms with E-state index in [-0.39, 0.29) is 12.1 Å². The Labute approximate surface area is 103 Å². The van der Waals surface area contributed by atoms with Crippen LogP contribution in [-0.4, -0.2) is 37.4 Å². The van der Waals surface area contributed by atoms with E-state index in [9.17, 15) is 4.79 Å². The fraction of sp³-hybridized carbons (Fsp3) is 0.923. The second kappa shape index (κ2) is 5.83. The van der Waals surface area contributed by atoms with E-state index in [1.807, 2.05) is 0 Å². The van der Waals surface area contributed by atoms with Gasteiger partial charge in [0.1, 0.15) is 11.6 Å². The lowest BCUT2D eigenvalue weighted by atomic mass is 9.92. The van der Waals surface area contributed by atoms with Crippen molar-refractivity contribution < 1.29 is 14.3 Å². The lowest BCUT2D eigenvalue weighted by Gasteiger charge is -2.30. The highest BCUT2D eigenvalue weighted by Crippen LogP contribution is 2.27. The highest BCUT2D eigenvalue weighted by molar-refractivity contribution is 5.81. The zero-order valence-electron chi connectivity index (χ0n) is 10.7. The van der Waals surface area contributed by atoms with Crippen molar-refractivity contribution in [1.82, 2.24) is 5.32 Å². The van der Waals surface area contributed by atoms with Gasteiger partial charge >= 0.3 is 5.97 Å². The van der Waals surface area contributed by atoms with Gasteiger partial charge in [0.2, 0.25) is 0 Å². The van der Waals surface area contributed by atoms with Crippen LogP contribution in [-0.2, 0) is 14.3 Å². The van der Waals surface area contributed by atoms with Gasteiger partial charge in [-0.15, -0.1) is 0 Å². The van der Waals surface area contributed by atoms with Crippen molar-refractivity contribution >= 4 is 5.97 Å². The Bertz CT molecular complexity index is 255. The third-order valence-electron chi connectivity index (χ3n) is 3.75. The Morgan fingerprint density at radius 2 is 2.24 bits per heavy atom. The molecule has 1 N–H and O–H groups in total. The standard InChI is InChI=1S/C13H23NO3/c1-2-6-13(7-3-8-14-13)12(15)17-11-4-9-16-10-5-11/h11,14H,2-10H2,1H3. The van der Waals surface area contributed by atoms with Gasteiger partial charge in [-0.1, -0.05) is 13.3 Å². The predicted molar refractivity (Wildman–Crippen MR) is 64.8 cm³/mol. The first kappa shape index (κ1) is 12.8. The largest absolute Gasteiger partial charge is 0.461 e. The molecule has 1 unspecified atom stereocenters. The van der Waals surface area contributed by atoms with E-state index in [4.69, 9.17) is 9.47 Å². The van der Waals surface area contributed by atoms with Crippen LogP contribution in [0.3, 0.4) is 0 Å². The van der Waals surface area contributed by atoms with Gasteiger partial charge in [0, 0.05) is 12.8 Å². The van der Waals surface area contributed by atoms with E-state index in [2.05, 4.69) is 12.2 Å². The third-order valence-corrected chi connectivity index (χ3v) is 3.75. The quantitative estimate of drug-likeness (QED) is 0.760. The monoisotopic (exact) mass is 241 g/mol. The van der Waals surface area contributed by atoms with Crippen LogP contribution in [0.2, 0.25) is 0 Å². The molecule has 2 fully saturated rings. The second-order valence-electron chi connectivity index (χ2n) is 5.08. The van der Waals surface area contributed by atoms with Gasteiger partial charge < -0.3 is 14.8 Å². The number of ether oxygens (including phenoxy) is 2. The van der Waals surface area contributed by atoms with Gasteiger partial charge in [0.25, 0.3) is 0 Å². The zero-order chi connectivity index (χ0) is 12.1. The van der Waals surface area contributed by atoms with Crippen LogP contribution in [0.25, 0.3) is 0 Å². The van der Waals surface area contributed by atoms with Crippen molar-refractivity contribution in [2.75, 3.05) is 19.8 Å². The second-order valence-corrected chi connectivity index (χ2v) is 5.08. The van der Waals surface area contributed by atoms with Crippen LogP contribution in [0.4, 0.5) is 0 Å². The predicted octanol–water partition coefficient (Wildman–Crippen LogP) is 1.63. The molecule has 0 amide bonds. The summed E-state index contributed by atoms with van der Waals surface area (Å²) in [5.74, 6) is -0.0382. The van der Waals surface area contributed by atoms with Gasteiger partial charge in [-0.25, -0.2) is 0 Å². The Balaban J connectivity index is 1.91. The summed E-state index contributed by atoms with van der Waals surface area (Å²) in [4.78, 5) is 12.3. The molecule has 2 aliphatic rings. The van der Waals surface area contributed by atoms with Crippen molar-refractivity contribution in [3.05, 3.63) is 0 Å². The molecule has 0 aromatic heterocycles. The fourth-order valence-corrected chi connectivity index (χ4v) is 2.78. The fourth-order valence-electron chi connectivity index (χ4n) is 2.78. The van der Waals surface area contributed by atoms with Crippen molar-refractivity contribution in [2.45, 2.75) is 57.1 Å². The van der Waals surface area contributed by atoms with Crippen LogP contribution in [0.15, 0.2) is 0 Å². The highest BCUT2D eigenvalue weighted by Gasteiger charge is 2.42. The molecule has 1 atom stereocenters. The SMILES string of the molecule is CCCC1(C(=O)OC2CCOCC2)CCCN1. The highest BCUT2D eigenvalue weighted by atomic mass is 16.6. The number of esters is 1. The van der Waals surface area contributed by atoms with Gasteiger partial charge in [-0.05, 0) is 25.8 Å². The van der Waals surface area contributed by atoms with E-state index >= 15 is 0 Å². The van der Waals surface area contributed by atoms with Crippen LogP contribution in [0, 0.1) is 0 Å². The summed E-state index contributed by atoms with van der Waals surface area (Å²) < 4.78 is 10.9. The minimum absolute atomic E-state index is 0.0382. The minimum atomic E-state index is -0.396. The van der Waals surface area contributed by atoms with Gasteiger partial charge in [-0.3, -0.25) is 4.79 Å². The minimum Gasteiger partial charge on any atom is -0.461 e. The molecule has 4 heteroatoms. The molecule has 4 nitrogen and oxygen atoms in total.